The van der Waals surface area contributed by atoms with Crippen LogP contribution in [0.15, 0.2) is 29.2 Å². The first-order valence-electron chi connectivity index (χ1n) is 9.59. The van der Waals surface area contributed by atoms with Crippen LogP contribution < -0.4 is 5.32 Å². The molecule has 2 fully saturated rings. The number of nitrogens with one attached hydrogen (secondary N) is 1. The van der Waals surface area contributed by atoms with Crippen LogP contribution in [0.1, 0.15) is 26.2 Å². The molecule has 1 aromatic carbocycles. The van der Waals surface area contributed by atoms with Crippen LogP contribution in [-0.2, 0) is 24.3 Å². The van der Waals surface area contributed by atoms with Crippen molar-refractivity contribution in [3.63, 3.8) is 0 Å². The summed E-state index contributed by atoms with van der Waals surface area (Å²) < 4.78 is 32.4. The standard InChI is InChI=1S/C19H27N3O5S/c1-15(23)20-17-2-4-18(5-3-17)28(25,26)22-8-6-16(7-9-22)14-19(24)21-10-12-27-13-11-21/h2-5,16H,6-14H2,1H3,(H,20,23). The highest BCUT2D eigenvalue weighted by Crippen LogP contribution is 2.27. The van der Waals surface area contributed by atoms with E-state index < -0.39 is 10.0 Å². The maximum absolute atomic E-state index is 12.8. The van der Waals surface area contributed by atoms with Crippen LogP contribution in [0.3, 0.4) is 0 Å². The maximum atomic E-state index is 12.8. The molecule has 0 radical (unpaired) electrons. The van der Waals surface area contributed by atoms with Crippen LogP contribution in [0.4, 0.5) is 5.69 Å². The third kappa shape index (κ3) is 5.09. The first-order valence-corrected chi connectivity index (χ1v) is 11.0. The Balaban J connectivity index is 1.54. The maximum Gasteiger partial charge on any atom is 0.243 e. The van der Waals surface area contributed by atoms with Crippen molar-refractivity contribution in [1.82, 2.24) is 9.21 Å². The van der Waals surface area contributed by atoms with Gasteiger partial charge < -0.3 is 15.0 Å². The van der Waals surface area contributed by atoms with E-state index in [9.17, 15) is 18.0 Å². The Morgan fingerprint density at radius 2 is 1.68 bits per heavy atom. The van der Waals surface area contributed by atoms with Gasteiger partial charge in [0.15, 0.2) is 0 Å². The summed E-state index contributed by atoms with van der Waals surface area (Å²) >= 11 is 0. The highest BCUT2D eigenvalue weighted by Gasteiger charge is 2.31. The lowest BCUT2D eigenvalue weighted by Gasteiger charge is -2.33. The molecule has 2 aliphatic heterocycles. The molecule has 2 saturated heterocycles. The molecule has 0 atom stereocenters. The van der Waals surface area contributed by atoms with Crippen LogP contribution in [0.25, 0.3) is 0 Å². The van der Waals surface area contributed by atoms with Gasteiger partial charge in [0.25, 0.3) is 0 Å². The number of carbonyl (C=O) groups excluding carboxylic acids is 2. The minimum absolute atomic E-state index is 0.137. The Bertz CT molecular complexity index is 795. The molecular weight excluding hydrogens is 382 g/mol. The smallest absolute Gasteiger partial charge is 0.243 e. The lowest BCUT2D eigenvalue weighted by Crippen LogP contribution is -2.43. The molecule has 28 heavy (non-hydrogen) atoms. The Hall–Kier alpha value is -1.97. The lowest BCUT2D eigenvalue weighted by molar-refractivity contribution is -0.136. The monoisotopic (exact) mass is 409 g/mol. The summed E-state index contributed by atoms with van der Waals surface area (Å²) in [4.78, 5) is 25.5. The van der Waals surface area contributed by atoms with E-state index >= 15 is 0 Å². The number of carbonyl (C=O) groups is 2. The summed E-state index contributed by atoms with van der Waals surface area (Å²) in [5.41, 5.74) is 0.562. The number of amides is 2. The molecule has 0 unspecified atom stereocenters. The zero-order chi connectivity index (χ0) is 20.1. The van der Waals surface area contributed by atoms with Crippen molar-refractivity contribution in [3.05, 3.63) is 24.3 Å². The summed E-state index contributed by atoms with van der Waals surface area (Å²) in [7, 11) is -3.57. The van der Waals surface area contributed by atoms with Crippen LogP contribution in [0.5, 0.6) is 0 Å². The van der Waals surface area contributed by atoms with E-state index in [4.69, 9.17) is 4.74 Å². The highest BCUT2D eigenvalue weighted by molar-refractivity contribution is 7.89. The minimum Gasteiger partial charge on any atom is -0.378 e. The van der Waals surface area contributed by atoms with Gasteiger partial charge in [-0.05, 0) is 43.0 Å². The van der Waals surface area contributed by atoms with Gasteiger partial charge >= 0.3 is 0 Å². The van der Waals surface area contributed by atoms with Crippen molar-refractivity contribution in [2.75, 3.05) is 44.7 Å². The normalized spacial score (nSPS) is 19.4. The zero-order valence-electron chi connectivity index (χ0n) is 16.1. The Morgan fingerprint density at radius 3 is 2.25 bits per heavy atom. The van der Waals surface area contributed by atoms with Crippen LogP contribution in [0, 0.1) is 5.92 Å². The lowest BCUT2D eigenvalue weighted by atomic mass is 9.94. The summed E-state index contributed by atoms with van der Waals surface area (Å²) in [6.07, 6.45) is 1.83. The topological polar surface area (TPSA) is 96.0 Å². The van der Waals surface area contributed by atoms with Gasteiger partial charge in [0.1, 0.15) is 0 Å². The van der Waals surface area contributed by atoms with Gasteiger partial charge in [0, 0.05) is 45.2 Å². The van der Waals surface area contributed by atoms with E-state index in [1.807, 2.05) is 4.90 Å². The van der Waals surface area contributed by atoms with E-state index in [1.54, 1.807) is 12.1 Å². The summed E-state index contributed by atoms with van der Waals surface area (Å²) in [6.45, 7) is 4.68. The van der Waals surface area contributed by atoms with Crippen molar-refractivity contribution >= 4 is 27.5 Å². The van der Waals surface area contributed by atoms with Crippen molar-refractivity contribution < 1.29 is 22.7 Å². The molecule has 0 bridgehead atoms. The van der Waals surface area contributed by atoms with E-state index in [0.717, 1.165) is 0 Å². The number of rotatable bonds is 5. The molecule has 0 aromatic heterocycles. The minimum atomic E-state index is -3.57. The Kier molecular flexibility index (Phi) is 6.69. The fourth-order valence-electron chi connectivity index (χ4n) is 3.61. The van der Waals surface area contributed by atoms with Gasteiger partial charge in [0.2, 0.25) is 21.8 Å². The number of anilines is 1. The van der Waals surface area contributed by atoms with Gasteiger partial charge in [-0.1, -0.05) is 0 Å². The first kappa shape index (κ1) is 20.8. The average Bonchev–Trinajstić information content (AvgIpc) is 2.69. The number of hydrogen-bond acceptors (Lipinski definition) is 5. The second-order valence-corrected chi connectivity index (χ2v) is 9.19. The summed E-state index contributed by atoms with van der Waals surface area (Å²) in [6, 6.07) is 6.19. The zero-order valence-corrected chi connectivity index (χ0v) is 16.9. The van der Waals surface area contributed by atoms with Crippen molar-refractivity contribution in [3.8, 4) is 0 Å². The predicted molar refractivity (Wildman–Crippen MR) is 104 cm³/mol. The molecule has 154 valence electrons. The van der Waals surface area contributed by atoms with Crippen molar-refractivity contribution in [1.29, 1.82) is 0 Å². The molecule has 1 N–H and O–H groups in total. The van der Waals surface area contributed by atoms with E-state index in [0.29, 0.717) is 64.3 Å². The largest absolute Gasteiger partial charge is 0.378 e. The van der Waals surface area contributed by atoms with Crippen molar-refractivity contribution in [2.45, 2.75) is 31.1 Å². The van der Waals surface area contributed by atoms with Gasteiger partial charge in [-0.3, -0.25) is 9.59 Å². The second kappa shape index (κ2) is 9.02. The third-order valence-electron chi connectivity index (χ3n) is 5.21. The number of piperidine rings is 1. The van der Waals surface area contributed by atoms with Crippen LogP contribution in [-0.4, -0.2) is 68.8 Å². The van der Waals surface area contributed by atoms with Gasteiger partial charge in [-0.25, -0.2) is 8.42 Å². The average molecular weight is 410 g/mol. The third-order valence-corrected chi connectivity index (χ3v) is 7.13. The summed E-state index contributed by atoms with van der Waals surface area (Å²) in [5.74, 6) is 0.145. The number of ether oxygens (including phenoxy) is 1. The fourth-order valence-corrected chi connectivity index (χ4v) is 5.07. The molecule has 0 spiro atoms. The predicted octanol–water partition coefficient (Wildman–Crippen LogP) is 1.29. The molecule has 2 aliphatic rings. The molecule has 2 amide bonds. The SMILES string of the molecule is CC(=O)Nc1ccc(S(=O)(=O)N2CCC(CC(=O)N3CCOCC3)CC2)cc1. The number of benzene rings is 1. The molecule has 0 saturated carbocycles. The first-order chi connectivity index (χ1) is 13.4. The number of nitrogens with zero attached hydrogens (tertiary/aromatic N) is 2. The molecule has 0 aliphatic carbocycles. The fraction of sp³-hybridized carbons (Fsp3) is 0.579. The molecular formula is C19H27N3O5S. The van der Waals surface area contributed by atoms with Crippen molar-refractivity contribution in [2.24, 2.45) is 5.92 Å². The van der Waals surface area contributed by atoms with Crippen LogP contribution >= 0.6 is 0 Å². The van der Waals surface area contributed by atoms with E-state index in [2.05, 4.69) is 5.32 Å². The number of morpholine rings is 1. The van der Waals surface area contributed by atoms with E-state index in [1.165, 1.54) is 23.4 Å². The molecule has 2 heterocycles. The second-order valence-electron chi connectivity index (χ2n) is 7.25. The van der Waals surface area contributed by atoms with Gasteiger partial charge in [-0.15, -0.1) is 0 Å². The molecule has 9 heteroatoms. The molecule has 8 nitrogen and oxygen atoms in total. The number of sulfonamides is 1. The molecule has 1 aromatic rings. The quantitative estimate of drug-likeness (QED) is 0.791. The van der Waals surface area contributed by atoms with Gasteiger partial charge in [0.05, 0.1) is 18.1 Å². The molecule has 3 rings (SSSR count). The Morgan fingerprint density at radius 1 is 1.07 bits per heavy atom. The van der Waals surface area contributed by atoms with E-state index in [-0.39, 0.29) is 22.6 Å². The van der Waals surface area contributed by atoms with Gasteiger partial charge in [-0.2, -0.15) is 4.31 Å². The van der Waals surface area contributed by atoms with Crippen LogP contribution in [0.2, 0.25) is 0 Å². The number of hydrogen-bond donors (Lipinski definition) is 1. The Labute approximate surface area is 165 Å². The highest BCUT2D eigenvalue weighted by atomic mass is 32.2. The summed E-state index contributed by atoms with van der Waals surface area (Å²) in [5, 5.41) is 2.62.